The van der Waals surface area contributed by atoms with Crippen LogP contribution >= 0.6 is 11.8 Å². The summed E-state index contributed by atoms with van der Waals surface area (Å²) in [6.45, 7) is 0. The number of nitrogens with one attached hydrogen (secondary N) is 1. The Morgan fingerprint density at radius 1 is 0.875 bits per heavy atom. The quantitative estimate of drug-likeness (QED) is 0.640. The van der Waals surface area contributed by atoms with Gasteiger partial charge in [0, 0.05) is 10.6 Å². The predicted octanol–water partition coefficient (Wildman–Crippen LogP) is 5.30. The average Bonchev–Trinajstić information content (AvgIpc) is 2.61. The Hall–Kier alpha value is -2.59. The molecule has 120 valence electrons. The van der Waals surface area contributed by atoms with Crippen LogP contribution in [0.5, 0.6) is 0 Å². The molecule has 3 aromatic rings. The number of amides is 1. The molecule has 0 fully saturated rings. The molecule has 0 heterocycles. The van der Waals surface area contributed by atoms with Crippen molar-refractivity contribution in [2.75, 3.05) is 5.32 Å². The third-order valence-electron chi connectivity index (χ3n) is 3.43. The van der Waals surface area contributed by atoms with Gasteiger partial charge in [-0.1, -0.05) is 54.6 Å². The number of carbonyl (C=O) groups excluding carboxylic acids is 1. The number of benzene rings is 3. The first-order chi connectivity index (χ1) is 11.7. The van der Waals surface area contributed by atoms with Crippen LogP contribution < -0.4 is 5.32 Å². The Bertz CT molecular complexity index is 808. The molecule has 3 aromatic carbocycles. The molecule has 4 heteroatoms. The van der Waals surface area contributed by atoms with Crippen molar-refractivity contribution in [2.45, 2.75) is 10.1 Å². The maximum Gasteiger partial charge on any atom is 0.242 e. The molecule has 0 aliphatic heterocycles. The third-order valence-corrected chi connectivity index (χ3v) is 4.70. The van der Waals surface area contributed by atoms with Crippen molar-refractivity contribution in [1.82, 2.24) is 0 Å². The lowest BCUT2D eigenvalue weighted by atomic mass is 10.1. The van der Waals surface area contributed by atoms with E-state index in [1.54, 1.807) is 12.1 Å². The minimum atomic E-state index is -0.420. The molecule has 0 saturated heterocycles. The van der Waals surface area contributed by atoms with Crippen molar-refractivity contribution in [1.29, 1.82) is 0 Å². The Labute approximate surface area is 144 Å². The Kier molecular flexibility index (Phi) is 5.29. The van der Waals surface area contributed by atoms with Crippen LogP contribution in [0.2, 0.25) is 0 Å². The molecule has 0 aliphatic carbocycles. The van der Waals surface area contributed by atoms with Gasteiger partial charge in [0.15, 0.2) is 0 Å². The van der Waals surface area contributed by atoms with E-state index in [2.05, 4.69) is 5.32 Å². The van der Waals surface area contributed by atoms with Gasteiger partial charge in [-0.3, -0.25) is 4.79 Å². The Morgan fingerprint density at radius 3 is 2.21 bits per heavy atom. The lowest BCUT2D eigenvalue weighted by Crippen LogP contribution is -2.19. The minimum absolute atomic E-state index is 0.180. The first kappa shape index (κ1) is 16.3. The van der Waals surface area contributed by atoms with Gasteiger partial charge >= 0.3 is 0 Å². The third kappa shape index (κ3) is 4.24. The van der Waals surface area contributed by atoms with Crippen molar-refractivity contribution >= 4 is 23.4 Å². The highest BCUT2D eigenvalue weighted by atomic mass is 32.2. The average molecular weight is 337 g/mol. The summed E-state index contributed by atoms with van der Waals surface area (Å²) < 4.78 is 13.3. The van der Waals surface area contributed by atoms with E-state index in [0.717, 1.165) is 10.5 Å². The van der Waals surface area contributed by atoms with E-state index in [9.17, 15) is 9.18 Å². The fraction of sp³-hybridized carbons (Fsp3) is 0.0500. The van der Waals surface area contributed by atoms with Crippen molar-refractivity contribution in [3.8, 4) is 0 Å². The second-order valence-electron chi connectivity index (χ2n) is 5.22. The molecule has 0 aliphatic rings. The smallest absolute Gasteiger partial charge is 0.242 e. The minimum Gasteiger partial charge on any atom is -0.325 e. The summed E-state index contributed by atoms with van der Waals surface area (Å²) in [6, 6.07) is 25.2. The summed E-state index contributed by atoms with van der Waals surface area (Å²) in [5.41, 5.74) is 1.36. The summed E-state index contributed by atoms with van der Waals surface area (Å²) in [5.74, 6) is -0.555. The van der Waals surface area contributed by atoms with Crippen LogP contribution in [-0.2, 0) is 4.79 Å². The number of anilines is 1. The fourth-order valence-electron chi connectivity index (χ4n) is 2.31. The standard InChI is InChI=1S/C20H16FNOS/c21-16-10-7-11-17(14-16)22-20(23)19(15-8-3-1-4-9-15)24-18-12-5-2-6-13-18/h1-14,19H,(H,22,23). The number of halogens is 1. The highest BCUT2D eigenvalue weighted by molar-refractivity contribution is 8.00. The zero-order valence-electron chi connectivity index (χ0n) is 12.9. The summed E-state index contributed by atoms with van der Waals surface area (Å²) in [6.07, 6.45) is 0. The fourth-order valence-corrected chi connectivity index (χ4v) is 3.36. The van der Waals surface area contributed by atoms with Gasteiger partial charge in [-0.25, -0.2) is 4.39 Å². The molecule has 24 heavy (non-hydrogen) atoms. The highest BCUT2D eigenvalue weighted by Gasteiger charge is 2.22. The van der Waals surface area contributed by atoms with Gasteiger partial charge in [0.2, 0.25) is 5.91 Å². The number of carbonyl (C=O) groups is 1. The summed E-state index contributed by atoms with van der Waals surface area (Å²) in [7, 11) is 0. The molecule has 1 N–H and O–H groups in total. The SMILES string of the molecule is O=C(Nc1cccc(F)c1)C(Sc1ccccc1)c1ccccc1. The monoisotopic (exact) mass is 337 g/mol. The first-order valence-electron chi connectivity index (χ1n) is 7.55. The lowest BCUT2D eigenvalue weighted by molar-refractivity contribution is -0.115. The maximum atomic E-state index is 13.3. The molecule has 0 spiro atoms. The van der Waals surface area contributed by atoms with E-state index >= 15 is 0 Å². The van der Waals surface area contributed by atoms with Gasteiger partial charge in [0.25, 0.3) is 0 Å². The maximum absolute atomic E-state index is 13.3. The van der Waals surface area contributed by atoms with E-state index in [1.165, 1.54) is 23.9 Å². The molecule has 0 aromatic heterocycles. The van der Waals surface area contributed by atoms with E-state index in [0.29, 0.717) is 5.69 Å². The van der Waals surface area contributed by atoms with Gasteiger partial charge in [-0.05, 0) is 35.9 Å². The molecule has 0 bridgehead atoms. The molecule has 0 radical (unpaired) electrons. The highest BCUT2D eigenvalue weighted by Crippen LogP contribution is 2.36. The molecule has 2 nitrogen and oxygen atoms in total. The van der Waals surface area contributed by atoms with Gasteiger partial charge in [0.1, 0.15) is 11.1 Å². The summed E-state index contributed by atoms with van der Waals surface area (Å²) in [5, 5.41) is 2.38. The Morgan fingerprint density at radius 2 is 1.54 bits per heavy atom. The van der Waals surface area contributed by atoms with E-state index in [4.69, 9.17) is 0 Å². The first-order valence-corrected chi connectivity index (χ1v) is 8.43. The number of rotatable bonds is 5. The van der Waals surface area contributed by atoms with Crippen molar-refractivity contribution in [3.63, 3.8) is 0 Å². The van der Waals surface area contributed by atoms with Crippen molar-refractivity contribution in [2.24, 2.45) is 0 Å². The lowest BCUT2D eigenvalue weighted by Gasteiger charge is -2.17. The van der Waals surface area contributed by atoms with Crippen LogP contribution in [0.25, 0.3) is 0 Å². The number of hydrogen-bond donors (Lipinski definition) is 1. The summed E-state index contributed by atoms with van der Waals surface area (Å²) >= 11 is 1.47. The molecular weight excluding hydrogens is 321 g/mol. The van der Waals surface area contributed by atoms with Crippen LogP contribution in [-0.4, -0.2) is 5.91 Å². The van der Waals surface area contributed by atoms with Gasteiger partial charge < -0.3 is 5.32 Å². The van der Waals surface area contributed by atoms with E-state index in [1.807, 2.05) is 60.7 Å². The zero-order chi connectivity index (χ0) is 16.8. The second-order valence-corrected chi connectivity index (χ2v) is 6.40. The van der Waals surface area contributed by atoms with E-state index in [-0.39, 0.29) is 11.7 Å². The predicted molar refractivity (Wildman–Crippen MR) is 96.5 cm³/mol. The second kappa shape index (κ2) is 7.79. The van der Waals surface area contributed by atoms with Crippen molar-refractivity contribution < 1.29 is 9.18 Å². The largest absolute Gasteiger partial charge is 0.325 e. The molecule has 1 atom stereocenters. The molecular formula is C20H16FNOS. The normalized spacial score (nSPS) is 11.7. The van der Waals surface area contributed by atoms with Crippen LogP contribution in [0.15, 0.2) is 89.8 Å². The molecule has 1 amide bonds. The molecule has 0 saturated carbocycles. The van der Waals surface area contributed by atoms with Crippen LogP contribution in [0.3, 0.4) is 0 Å². The van der Waals surface area contributed by atoms with Gasteiger partial charge in [0.05, 0.1) is 0 Å². The number of hydrogen-bond acceptors (Lipinski definition) is 2. The topological polar surface area (TPSA) is 29.1 Å². The zero-order valence-corrected chi connectivity index (χ0v) is 13.7. The van der Waals surface area contributed by atoms with Gasteiger partial charge in [-0.2, -0.15) is 0 Å². The van der Waals surface area contributed by atoms with E-state index < -0.39 is 5.25 Å². The van der Waals surface area contributed by atoms with Crippen LogP contribution in [0.1, 0.15) is 10.8 Å². The number of thioether (sulfide) groups is 1. The Balaban J connectivity index is 1.85. The van der Waals surface area contributed by atoms with Crippen molar-refractivity contribution in [3.05, 3.63) is 96.3 Å². The summed E-state index contributed by atoms with van der Waals surface area (Å²) in [4.78, 5) is 13.8. The molecule has 3 rings (SSSR count). The van der Waals surface area contributed by atoms with Gasteiger partial charge in [-0.15, -0.1) is 11.8 Å². The van der Waals surface area contributed by atoms with Crippen LogP contribution in [0.4, 0.5) is 10.1 Å². The molecule has 1 unspecified atom stereocenters. The van der Waals surface area contributed by atoms with Crippen LogP contribution in [0, 0.1) is 5.82 Å².